The number of aromatic nitrogens is 3. The molecule has 0 N–H and O–H groups in total. The van der Waals surface area contributed by atoms with Crippen molar-refractivity contribution in [2.75, 3.05) is 0 Å². The second-order valence-corrected chi connectivity index (χ2v) is 12.2. The molecule has 0 saturated carbocycles. The normalized spacial score (nSPS) is 11.8. The lowest BCUT2D eigenvalue weighted by Crippen LogP contribution is -2.03. The molecule has 0 amide bonds. The molecule has 0 atom stereocenters. The summed E-state index contributed by atoms with van der Waals surface area (Å²) < 4.78 is 8.88. The average molecular weight is 614 g/mol. The highest BCUT2D eigenvalue weighted by Crippen LogP contribution is 2.40. The Balaban J connectivity index is 1.24. The van der Waals surface area contributed by atoms with Crippen molar-refractivity contribution in [3.63, 3.8) is 0 Å². The van der Waals surface area contributed by atoms with E-state index in [1.807, 2.05) is 18.2 Å². The summed E-state index contributed by atoms with van der Waals surface area (Å²) >= 11 is 0. The fraction of sp³-hybridized carbons (Fsp3) is 0. The van der Waals surface area contributed by atoms with E-state index in [1.54, 1.807) is 0 Å². The summed E-state index contributed by atoms with van der Waals surface area (Å²) in [6.07, 6.45) is 0. The number of furan rings is 1. The van der Waals surface area contributed by atoms with Crippen LogP contribution in [0.4, 0.5) is 0 Å². The molecule has 48 heavy (non-hydrogen) atoms. The van der Waals surface area contributed by atoms with Crippen LogP contribution in [-0.2, 0) is 0 Å². The third-order valence-corrected chi connectivity index (χ3v) is 9.40. The maximum Gasteiger partial charge on any atom is 0.162 e. The Morgan fingerprint density at radius 1 is 0.417 bits per heavy atom. The minimum atomic E-state index is 0.663. The zero-order chi connectivity index (χ0) is 31.6. The molecule has 0 radical (unpaired) electrons. The van der Waals surface area contributed by atoms with Crippen molar-refractivity contribution in [2.45, 2.75) is 0 Å². The number of hydrogen-bond donors (Lipinski definition) is 0. The molecular weight excluding hydrogens is 587 g/mol. The second-order valence-electron chi connectivity index (χ2n) is 12.2. The van der Waals surface area contributed by atoms with Crippen molar-refractivity contribution >= 4 is 54.6 Å². The van der Waals surface area contributed by atoms with Gasteiger partial charge in [-0.25, -0.2) is 9.97 Å². The van der Waals surface area contributed by atoms with Crippen LogP contribution in [0.1, 0.15) is 0 Å². The van der Waals surface area contributed by atoms with Crippen molar-refractivity contribution in [3.05, 3.63) is 164 Å². The van der Waals surface area contributed by atoms with Crippen LogP contribution in [0.2, 0.25) is 0 Å². The number of para-hydroxylation sites is 3. The Kier molecular flexibility index (Phi) is 5.84. The van der Waals surface area contributed by atoms with Crippen LogP contribution < -0.4 is 0 Å². The summed E-state index contributed by atoms with van der Waals surface area (Å²) in [4.78, 5) is 10.6. The molecule has 0 aliphatic heterocycles. The summed E-state index contributed by atoms with van der Waals surface area (Å²) in [7, 11) is 0. The molecule has 0 unspecified atom stereocenters. The largest absolute Gasteiger partial charge is 0.455 e. The van der Waals surface area contributed by atoms with Gasteiger partial charge in [0.25, 0.3) is 0 Å². The second kappa shape index (κ2) is 10.5. The lowest BCUT2D eigenvalue weighted by Gasteiger charge is -2.13. The summed E-state index contributed by atoms with van der Waals surface area (Å²) in [6, 6.07) is 57.2. The van der Waals surface area contributed by atoms with Gasteiger partial charge in [-0.2, -0.15) is 0 Å². The summed E-state index contributed by atoms with van der Waals surface area (Å²) in [5, 5.41) is 5.39. The predicted octanol–water partition coefficient (Wildman–Crippen LogP) is 11.6. The van der Waals surface area contributed by atoms with E-state index < -0.39 is 0 Å². The highest BCUT2D eigenvalue weighted by atomic mass is 16.3. The SMILES string of the molecule is c1ccc(-c2cccc(-c3cccc(-c4nc(-n5c6ccccc6c6ccccc65)c5c(ccc6c7ccccc7oc65)n4)c3)c2)cc1. The Morgan fingerprint density at radius 3 is 1.71 bits per heavy atom. The van der Waals surface area contributed by atoms with Crippen LogP contribution in [0.25, 0.3) is 94.1 Å². The van der Waals surface area contributed by atoms with Crippen LogP contribution in [0.5, 0.6) is 0 Å². The highest BCUT2D eigenvalue weighted by Gasteiger charge is 2.21. The van der Waals surface area contributed by atoms with Gasteiger partial charge in [0.05, 0.1) is 21.9 Å². The van der Waals surface area contributed by atoms with Gasteiger partial charge in [0.1, 0.15) is 11.2 Å². The molecule has 0 aliphatic carbocycles. The first-order valence-electron chi connectivity index (χ1n) is 16.2. The molecule has 224 valence electrons. The predicted molar refractivity (Wildman–Crippen MR) is 197 cm³/mol. The Hall–Kier alpha value is -6.52. The zero-order valence-corrected chi connectivity index (χ0v) is 25.8. The molecule has 0 fully saturated rings. The molecule has 10 rings (SSSR count). The zero-order valence-electron chi connectivity index (χ0n) is 25.8. The number of rotatable bonds is 4. The topological polar surface area (TPSA) is 43.9 Å². The monoisotopic (exact) mass is 613 g/mol. The number of fused-ring (bicyclic) bond motifs is 8. The average Bonchev–Trinajstić information content (AvgIpc) is 3.71. The van der Waals surface area contributed by atoms with Crippen molar-refractivity contribution in [3.8, 4) is 39.5 Å². The molecule has 4 heteroatoms. The summed E-state index contributed by atoms with van der Waals surface area (Å²) in [5.41, 5.74) is 10.2. The van der Waals surface area contributed by atoms with Gasteiger partial charge in [-0.05, 0) is 64.7 Å². The summed E-state index contributed by atoms with van der Waals surface area (Å²) in [5.74, 6) is 1.46. The van der Waals surface area contributed by atoms with E-state index in [0.717, 1.165) is 66.4 Å². The van der Waals surface area contributed by atoms with Gasteiger partial charge in [-0.15, -0.1) is 0 Å². The van der Waals surface area contributed by atoms with Gasteiger partial charge >= 0.3 is 0 Å². The number of hydrogen-bond acceptors (Lipinski definition) is 3. The minimum absolute atomic E-state index is 0.663. The van der Waals surface area contributed by atoms with E-state index in [9.17, 15) is 0 Å². The van der Waals surface area contributed by atoms with Gasteiger partial charge in [0.15, 0.2) is 11.6 Å². The molecule has 0 saturated heterocycles. The van der Waals surface area contributed by atoms with Crippen LogP contribution in [-0.4, -0.2) is 14.5 Å². The summed E-state index contributed by atoms with van der Waals surface area (Å²) in [6.45, 7) is 0. The minimum Gasteiger partial charge on any atom is -0.455 e. The van der Waals surface area contributed by atoms with Crippen LogP contribution in [0.15, 0.2) is 168 Å². The molecule has 10 aromatic rings. The molecule has 0 spiro atoms. The van der Waals surface area contributed by atoms with Crippen molar-refractivity contribution < 1.29 is 4.42 Å². The van der Waals surface area contributed by atoms with Crippen LogP contribution in [0.3, 0.4) is 0 Å². The van der Waals surface area contributed by atoms with Gasteiger partial charge in [0.2, 0.25) is 0 Å². The quantitative estimate of drug-likeness (QED) is 0.198. The first-order chi connectivity index (χ1) is 23.8. The van der Waals surface area contributed by atoms with Crippen LogP contribution >= 0.6 is 0 Å². The molecule has 0 bridgehead atoms. The van der Waals surface area contributed by atoms with Crippen molar-refractivity contribution in [1.29, 1.82) is 0 Å². The van der Waals surface area contributed by atoms with E-state index in [4.69, 9.17) is 14.4 Å². The fourth-order valence-corrected chi connectivity index (χ4v) is 7.17. The van der Waals surface area contributed by atoms with Crippen LogP contribution in [0, 0.1) is 0 Å². The van der Waals surface area contributed by atoms with E-state index in [0.29, 0.717) is 5.82 Å². The molecule has 4 nitrogen and oxygen atoms in total. The van der Waals surface area contributed by atoms with E-state index >= 15 is 0 Å². The Labute approximate surface area is 276 Å². The smallest absolute Gasteiger partial charge is 0.162 e. The van der Waals surface area contributed by atoms with Gasteiger partial charge in [-0.1, -0.05) is 121 Å². The standard InChI is InChI=1S/C44H27N3O/c1-2-12-28(13-3-1)29-14-10-15-30(26-29)31-16-11-17-32(27-31)43-45-37-25-24-36-35-20-6-9-23-40(35)48-42(36)41(37)44(46-43)47-38-21-7-4-18-33(38)34-19-5-8-22-39(34)47/h1-27H. The van der Waals surface area contributed by atoms with Gasteiger partial charge < -0.3 is 4.42 Å². The molecule has 3 heterocycles. The lowest BCUT2D eigenvalue weighted by atomic mass is 9.98. The lowest BCUT2D eigenvalue weighted by molar-refractivity contribution is 0.672. The number of benzene rings is 7. The molecule has 0 aliphatic rings. The maximum atomic E-state index is 6.61. The molecule has 7 aromatic carbocycles. The van der Waals surface area contributed by atoms with E-state index in [2.05, 4.69) is 150 Å². The van der Waals surface area contributed by atoms with Crippen molar-refractivity contribution in [1.82, 2.24) is 14.5 Å². The van der Waals surface area contributed by atoms with E-state index in [-0.39, 0.29) is 0 Å². The van der Waals surface area contributed by atoms with Gasteiger partial charge in [-0.3, -0.25) is 4.57 Å². The number of nitrogens with zero attached hydrogens (tertiary/aromatic N) is 3. The Bertz CT molecular complexity index is 2790. The van der Waals surface area contributed by atoms with E-state index in [1.165, 1.54) is 21.9 Å². The maximum absolute atomic E-state index is 6.61. The van der Waals surface area contributed by atoms with Crippen molar-refractivity contribution in [2.24, 2.45) is 0 Å². The molecule has 3 aromatic heterocycles. The third-order valence-electron chi connectivity index (χ3n) is 9.40. The third kappa shape index (κ3) is 4.10. The fourth-order valence-electron chi connectivity index (χ4n) is 7.17. The van der Waals surface area contributed by atoms with Gasteiger partial charge in [0, 0.05) is 27.1 Å². The highest BCUT2D eigenvalue weighted by molar-refractivity contribution is 6.18. The molecular formula is C44H27N3O. The Morgan fingerprint density at radius 2 is 0.979 bits per heavy atom. The first kappa shape index (κ1) is 26.7. The first-order valence-corrected chi connectivity index (χ1v) is 16.2.